The van der Waals surface area contributed by atoms with Crippen molar-refractivity contribution in [2.45, 2.75) is 19.3 Å². The zero-order valence-electron chi connectivity index (χ0n) is 5.35. The number of Topliss-reactive ketones (excluding diaryl/α,β-unsaturated/α-hetero) is 1. The van der Waals surface area contributed by atoms with Gasteiger partial charge in [0, 0.05) is 18.3 Å². The molecule has 1 aliphatic carbocycles. The second-order valence-corrected chi connectivity index (χ2v) is 3.21. The predicted octanol–water partition coefficient (Wildman–Crippen LogP) is 0.756. The maximum Gasteiger partial charge on any atom is 0.133 e. The summed E-state index contributed by atoms with van der Waals surface area (Å²) in [7, 11) is 0. The highest BCUT2D eigenvalue weighted by atomic mass is 16.5. The average Bonchev–Trinajstić information content (AvgIpc) is 2.09. The van der Waals surface area contributed by atoms with Crippen molar-refractivity contribution in [3.05, 3.63) is 0 Å². The van der Waals surface area contributed by atoms with Crippen LogP contribution in [0, 0.1) is 5.41 Å². The van der Waals surface area contributed by atoms with Gasteiger partial charge in [0.05, 0.1) is 13.2 Å². The van der Waals surface area contributed by atoms with Crippen LogP contribution in [0.4, 0.5) is 0 Å². The Morgan fingerprint density at radius 1 is 1.44 bits per heavy atom. The summed E-state index contributed by atoms with van der Waals surface area (Å²) >= 11 is 0. The maximum absolute atomic E-state index is 10.8. The molecule has 1 saturated carbocycles. The zero-order chi connectivity index (χ0) is 6.32. The minimum atomic E-state index is 0.317. The van der Waals surface area contributed by atoms with Gasteiger partial charge in [-0.2, -0.15) is 0 Å². The molecule has 2 rings (SSSR count). The van der Waals surface area contributed by atoms with Crippen LogP contribution in [-0.4, -0.2) is 19.0 Å². The number of ketones is 1. The van der Waals surface area contributed by atoms with Crippen LogP contribution in [0.3, 0.4) is 0 Å². The lowest BCUT2D eigenvalue weighted by atomic mass is 9.84. The number of hydrogen-bond acceptors (Lipinski definition) is 2. The number of carbonyl (C=O) groups is 1. The molecule has 2 heteroatoms. The number of carbonyl (C=O) groups excluding carboxylic acids is 1. The van der Waals surface area contributed by atoms with Crippen molar-refractivity contribution in [1.82, 2.24) is 0 Å². The predicted molar refractivity (Wildman–Crippen MR) is 32.1 cm³/mol. The summed E-state index contributed by atoms with van der Waals surface area (Å²) in [6.07, 6.45) is 2.65. The van der Waals surface area contributed by atoms with Gasteiger partial charge in [-0.05, 0) is 6.42 Å². The molecule has 0 unspecified atom stereocenters. The smallest absolute Gasteiger partial charge is 0.133 e. The lowest BCUT2D eigenvalue weighted by molar-refractivity contribution is -0.127. The molecule has 0 atom stereocenters. The molecule has 1 spiro atoms. The molecule has 0 N–H and O–H groups in total. The third-order valence-electron chi connectivity index (χ3n) is 2.32. The summed E-state index contributed by atoms with van der Waals surface area (Å²) in [6.45, 7) is 1.66. The Balaban J connectivity index is 2.07. The summed E-state index contributed by atoms with van der Waals surface area (Å²) in [5.41, 5.74) is 0.317. The molecule has 0 bridgehead atoms. The van der Waals surface area contributed by atoms with Crippen LogP contribution in [-0.2, 0) is 9.53 Å². The molecule has 2 nitrogen and oxygen atoms in total. The van der Waals surface area contributed by atoms with Crippen molar-refractivity contribution >= 4 is 5.78 Å². The summed E-state index contributed by atoms with van der Waals surface area (Å²) in [6, 6.07) is 0. The van der Waals surface area contributed by atoms with Gasteiger partial charge < -0.3 is 4.74 Å². The molecule has 50 valence electrons. The van der Waals surface area contributed by atoms with Gasteiger partial charge in [0.25, 0.3) is 0 Å². The van der Waals surface area contributed by atoms with Crippen LogP contribution in [0.15, 0.2) is 0 Å². The lowest BCUT2D eigenvalue weighted by Gasteiger charge is -2.36. The van der Waals surface area contributed by atoms with E-state index in [1.807, 2.05) is 0 Å². The Labute approximate surface area is 54.2 Å². The van der Waals surface area contributed by atoms with Crippen LogP contribution in [0.2, 0.25) is 0 Å². The highest BCUT2D eigenvalue weighted by Crippen LogP contribution is 2.41. The van der Waals surface area contributed by atoms with Gasteiger partial charge >= 0.3 is 0 Å². The van der Waals surface area contributed by atoms with E-state index in [9.17, 15) is 4.79 Å². The first-order chi connectivity index (χ1) is 4.31. The molecule has 0 aromatic carbocycles. The number of rotatable bonds is 0. The van der Waals surface area contributed by atoms with Crippen molar-refractivity contribution in [2.75, 3.05) is 13.2 Å². The standard InChI is InChI=1S/C7H10O2/c8-6-1-2-7(3-6)4-9-5-7/h1-5H2. The Morgan fingerprint density at radius 3 is 2.44 bits per heavy atom. The van der Waals surface area contributed by atoms with E-state index in [2.05, 4.69) is 0 Å². The number of ether oxygens (including phenoxy) is 1. The third kappa shape index (κ3) is 0.697. The van der Waals surface area contributed by atoms with E-state index in [0.29, 0.717) is 11.2 Å². The fraction of sp³-hybridized carbons (Fsp3) is 0.857. The SMILES string of the molecule is O=C1CCC2(COC2)C1. The van der Waals surface area contributed by atoms with Crippen LogP contribution >= 0.6 is 0 Å². The fourth-order valence-corrected chi connectivity index (χ4v) is 1.64. The van der Waals surface area contributed by atoms with E-state index in [1.54, 1.807) is 0 Å². The third-order valence-corrected chi connectivity index (χ3v) is 2.32. The lowest BCUT2D eigenvalue weighted by Crippen LogP contribution is -2.40. The van der Waals surface area contributed by atoms with Gasteiger partial charge in [-0.3, -0.25) is 4.79 Å². The normalized spacial score (nSPS) is 30.9. The van der Waals surface area contributed by atoms with Crippen molar-refractivity contribution < 1.29 is 9.53 Å². The summed E-state index contributed by atoms with van der Waals surface area (Å²) in [5, 5.41) is 0. The monoisotopic (exact) mass is 126 g/mol. The Hall–Kier alpha value is -0.370. The quantitative estimate of drug-likeness (QED) is 0.479. The highest BCUT2D eigenvalue weighted by molar-refractivity contribution is 5.81. The maximum atomic E-state index is 10.8. The topological polar surface area (TPSA) is 26.3 Å². The second-order valence-electron chi connectivity index (χ2n) is 3.21. The van der Waals surface area contributed by atoms with E-state index in [4.69, 9.17) is 4.74 Å². The molecule has 9 heavy (non-hydrogen) atoms. The van der Waals surface area contributed by atoms with E-state index >= 15 is 0 Å². The minimum Gasteiger partial charge on any atom is -0.380 e. The zero-order valence-corrected chi connectivity index (χ0v) is 5.35. The Morgan fingerprint density at radius 2 is 2.22 bits per heavy atom. The highest BCUT2D eigenvalue weighted by Gasteiger charge is 2.44. The van der Waals surface area contributed by atoms with E-state index in [-0.39, 0.29) is 0 Å². The largest absolute Gasteiger partial charge is 0.380 e. The van der Waals surface area contributed by atoms with Crippen molar-refractivity contribution in [3.63, 3.8) is 0 Å². The van der Waals surface area contributed by atoms with Crippen molar-refractivity contribution in [2.24, 2.45) is 5.41 Å². The molecule has 0 aromatic rings. The van der Waals surface area contributed by atoms with Gasteiger partial charge in [0.1, 0.15) is 5.78 Å². The average molecular weight is 126 g/mol. The first-order valence-corrected chi connectivity index (χ1v) is 3.40. The molecule has 1 heterocycles. The molecule has 0 aromatic heterocycles. The molecular formula is C7H10O2. The van der Waals surface area contributed by atoms with Gasteiger partial charge in [0.2, 0.25) is 0 Å². The van der Waals surface area contributed by atoms with E-state index < -0.39 is 0 Å². The second kappa shape index (κ2) is 1.57. The van der Waals surface area contributed by atoms with Gasteiger partial charge in [-0.25, -0.2) is 0 Å². The molecule has 2 aliphatic rings. The molecule has 1 aliphatic heterocycles. The van der Waals surface area contributed by atoms with Crippen LogP contribution in [0.1, 0.15) is 19.3 Å². The fourth-order valence-electron chi connectivity index (χ4n) is 1.64. The van der Waals surface area contributed by atoms with Crippen LogP contribution < -0.4 is 0 Å². The molecular weight excluding hydrogens is 116 g/mol. The van der Waals surface area contributed by atoms with Crippen LogP contribution in [0.25, 0.3) is 0 Å². The Bertz CT molecular complexity index is 147. The summed E-state index contributed by atoms with van der Waals surface area (Å²) in [4.78, 5) is 10.8. The van der Waals surface area contributed by atoms with Gasteiger partial charge in [-0.1, -0.05) is 0 Å². The summed E-state index contributed by atoms with van der Waals surface area (Å²) < 4.78 is 5.06. The van der Waals surface area contributed by atoms with Crippen molar-refractivity contribution in [1.29, 1.82) is 0 Å². The van der Waals surface area contributed by atoms with E-state index in [0.717, 1.165) is 32.5 Å². The molecule has 0 amide bonds. The van der Waals surface area contributed by atoms with Crippen molar-refractivity contribution in [3.8, 4) is 0 Å². The summed E-state index contributed by atoms with van der Waals surface area (Å²) in [5.74, 6) is 0.429. The van der Waals surface area contributed by atoms with Gasteiger partial charge in [-0.15, -0.1) is 0 Å². The Kier molecular flexibility index (Phi) is 0.943. The molecule has 2 fully saturated rings. The van der Waals surface area contributed by atoms with E-state index in [1.165, 1.54) is 0 Å². The number of hydrogen-bond donors (Lipinski definition) is 0. The first-order valence-electron chi connectivity index (χ1n) is 3.40. The molecule has 1 saturated heterocycles. The molecule has 0 radical (unpaired) electrons. The van der Waals surface area contributed by atoms with Gasteiger partial charge in [0.15, 0.2) is 0 Å². The minimum absolute atomic E-state index is 0.317. The first kappa shape index (κ1) is 5.42. The van der Waals surface area contributed by atoms with Crippen LogP contribution in [0.5, 0.6) is 0 Å².